The zero-order valence-electron chi connectivity index (χ0n) is 16.0. The predicted molar refractivity (Wildman–Crippen MR) is 101 cm³/mol. The third-order valence-electron chi connectivity index (χ3n) is 5.08. The van der Waals surface area contributed by atoms with Crippen LogP contribution in [0.15, 0.2) is 22.8 Å². The first-order chi connectivity index (χ1) is 12.1. The number of aryl methyl sites for hydroxylation is 2. The topological polar surface area (TPSA) is 49.5 Å². The van der Waals surface area contributed by atoms with Crippen LogP contribution in [-0.4, -0.2) is 48.4 Å². The summed E-state index contributed by atoms with van der Waals surface area (Å²) < 4.78 is 7.69. The molecule has 0 bridgehead atoms. The van der Waals surface area contributed by atoms with Crippen molar-refractivity contribution in [1.29, 1.82) is 0 Å². The molecule has 1 saturated heterocycles. The summed E-state index contributed by atoms with van der Waals surface area (Å²) >= 11 is 0. The molecule has 2 aromatic heterocycles. The van der Waals surface area contributed by atoms with Crippen LogP contribution in [-0.2, 0) is 13.6 Å². The number of nitrogens with one attached hydrogen (secondary N) is 1. The second-order valence-electron chi connectivity index (χ2n) is 7.16. The normalized spacial score (nSPS) is 17.0. The van der Waals surface area contributed by atoms with Crippen LogP contribution in [0.4, 0.5) is 5.82 Å². The highest BCUT2D eigenvalue weighted by molar-refractivity contribution is 5.48. The number of hydrogen-bond donors (Lipinski definition) is 1. The molecule has 0 aliphatic carbocycles. The highest BCUT2D eigenvalue weighted by atomic mass is 16.3. The molecular weight excluding hydrogens is 314 g/mol. The SMILES string of the molecule is Cc1nn(C)c(N(C)C)c1CNC[C@H](c1ccco1)N1CCCCC1. The van der Waals surface area contributed by atoms with Gasteiger partial charge in [-0.25, -0.2) is 0 Å². The van der Waals surface area contributed by atoms with E-state index in [4.69, 9.17) is 4.42 Å². The van der Waals surface area contributed by atoms with Gasteiger partial charge in [0.2, 0.25) is 0 Å². The van der Waals surface area contributed by atoms with E-state index in [1.165, 1.54) is 24.8 Å². The van der Waals surface area contributed by atoms with Gasteiger partial charge in [0.1, 0.15) is 11.6 Å². The summed E-state index contributed by atoms with van der Waals surface area (Å²) in [4.78, 5) is 4.68. The molecule has 0 amide bonds. The van der Waals surface area contributed by atoms with E-state index in [0.717, 1.165) is 43.5 Å². The molecule has 3 heterocycles. The fourth-order valence-corrected chi connectivity index (χ4v) is 3.91. The lowest BCUT2D eigenvalue weighted by Crippen LogP contribution is -2.39. The van der Waals surface area contributed by atoms with Crippen LogP contribution in [0.3, 0.4) is 0 Å². The predicted octanol–water partition coefficient (Wildman–Crippen LogP) is 2.70. The van der Waals surface area contributed by atoms with Gasteiger partial charge in [0.25, 0.3) is 0 Å². The van der Waals surface area contributed by atoms with E-state index in [0.29, 0.717) is 6.04 Å². The number of nitrogens with zero attached hydrogens (tertiary/aromatic N) is 4. The van der Waals surface area contributed by atoms with Crippen LogP contribution in [0.25, 0.3) is 0 Å². The number of likely N-dealkylation sites (tertiary alicyclic amines) is 1. The van der Waals surface area contributed by atoms with E-state index in [1.54, 1.807) is 6.26 Å². The van der Waals surface area contributed by atoms with Gasteiger partial charge in [-0.2, -0.15) is 5.10 Å². The van der Waals surface area contributed by atoms with Gasteiger partial charge in [-0.15, -0.1) is 0 Å². The Bertz CT molecular complexity index is 656. The molecule has 0 saturated carbocycles. The summed E-state index contributed by atoms with van der Waals surface area (Å²) in [6.07, 6.45) is 5.69. The standard InChI is InChI=1S/C19H31N5O/c1-15-16(19(22(2)3)23(4)21-15)13-20-14-17(18-9-8-12-25-18)24-10-6-5-7-11-24/h8-9,12,17,20H,5-7,10-11,13-14H2,1-4H3/t17-/m1/s1. The van der Waals surface area contributed by atoms with Gasteiger partial charge >= 0.3 is 0 Å². The molecule has 6 nitrogen and oxygen atoms in total. The summed E-state index contributed by atoms with van der Waals surface area (Å²) in [5.74, 6) is 2.22. The molecule has 25 heavy (non-hydrogen) atoms. The largest absolute Gasteiger partial charge is 0.468 e. The zero-order valence-corrected chi connectivity index (χ0v) is 16.0. The minimum absolute atomic E-state index is 0.301. The van der Waals surface area contributed by atoms with Crippen molar-refractivity contribution < 1.29 is 4.42 Å². The molecule has 138 valence electrons. The quantitative estimate of drug-likeness (QED) is 0.836. The molecule has 0 aromatic carbocycles. The van der Waals surface area contributed by atoms with E-state index < -0.39 is 0 Å². The van der Waals surface area contributed by atoms with E-state index in [1.807, 2.05) is 17.8 Å². The second-order valence-corrected chi connectivity index (χ2v) is 7.16. The number of piperidine rings is 1. The van der Waals surface area contributed by atoms with Crippen LogP contribution in [0.5, 0.6) is 0 Å². The Morgan fingerprint density at radius 2 is 2.04 bits per heavy atom. The molecule has 1 aliphatic rings. The maximum atomic E-state index is 5.74. The lowest BCUT2D eigenvalue weighted by molar-refractivity contribution is 0.142. The molecule has 2 aromatic rings. The Balaban J connectivity index is 1.68. The van der Waals surface area contributed by atoms with Crippen LogP contribution >= 0.6 is 0 Å². The number of aromatic nitrogens is 2. The van der Waals surface area contributed by atoms with E-state index >= 15 is 0 Å². The van der Waals surface area contributed by atoms with Gasteiger partial charge in [0.15, 0.2) is 0 Å². The van der Waals surface area contributed by atoms with Crippen molar-refractivity contribution in [2.75, 3.05) is 38.6 Å². The third kappa shape index (κ3) is 4.07. The molecule has 0 spiro atoms. The van der Waals surface area contributed by atoms with Gasteiger partial charge in [-0.1, -0.05) is 6.42 Å². The van der Waals surface area contributed by atoms with Crippen LogP contribution in [0.1, 0.15) is 42.3 Å². The monoisotopic (exact) mass is 345 g/mol. The molecule has 1 aliphatic heterocycles. The smallest absolute Gasteiger partial charge is 0.130 e. The average Bonchev–Trinajstić information content (AvgIpc) is 3.20. The lowest BCUT2D eigenvalue weighted by atomic mass is 10.1. The van der Waals surface area contributed by atoms with E-state index in [9.17, 15) is 0 Å². The Morgan fingerprint density at radius 1 is 1.28 bits per heavy atom. The molecule has 0 unspecified atom stereocenters. The van der Waals surface area contributed by atoms with Crippen molar-refractivity contribution in [3.8, 4) is 0 Å². The molecule has 6 heteroatoms. The summed E-state index contributed by atoms with van der Waals surface area (Å²) in [5, 5.41) is 8.23. The van der Waals surface area contributed by atoms with E-state index in [-0.39, 0.29) is 0 Å². The summed E-state index contributed by atoms with van der Waals surface area (Å²) in [6, 6.07) is 4.39. The van der Waals surface area contributed by atoms with Crippen LogP contribution < -0.4 is 10.2 Å². The van der Waals surface area contributed by atoms with Crippen molar-refractivity contribution in [2.45, 2.75) is 38.8 Å². The van der Waals surface area contributed by atoms with Crippen LogP contribution in [0, 0.1) is 6.92 Å². The molecule has 1 atom stereocenters. The Hall–Kier alpha value is -1.79. The van der Waals surface area contributed by atoms with Gasteiger partial charge in [0, 0.05) is 39.8 Å². The third-order valence-corrected chi connectivity index (χ3v) is 5.08. The summed E-state index contributed by atoms with van der Waals surface area (Å²) in [7, 11) is 6.14. The average molecular weight is 345 g/mol. The number of hydrogen-bond acceptors (Lipinski definition) is 5. The van der Waals surface area contributed by atoms with Crippen molar-refractivity contribution in [3.05, 3.63) is 35.4 Å². The Labute approximate surface area is 150 Å². The van der Waals surface area contributed by atoms with Crippen molar-refractivity contribution >= 4 is 5.82 Å². The fourth-order valence-electron chi connectivity index (χ4n) is 3.91. The first-order valence-corrected chi connectivity index (χ1v) is 9.26. The van der Waals surface area contributed by atoms with Crippen molar-refractivity contribution in [3.63, 3.8) is 0 Å². The van der Waals surface area contributed by atoms with Gasteiger partial charge in [-0.3, -0.25) is 9.58 Å². The Kier molecular flexibility index (Phi) is 5.81. The van der Waals surface area contributed by atoms with Gasteiger partial charge in [-0.05, 0) is 45.0 Å². The van der Waals surface area contributed by atoms with Crippen LogP contribution in [0.2, 0.25) is 0 Å². The highest BCUT2D eigenvalue weighted by Crippen LogP contribution is 2.25. The maximum Gasteiger partial charge on any atom is 0.130 e. The van der Waals surface area contributed by atoms with Gasteiger partial charge in [0.05, 0.1) is 18.0 Å². The first-order valence-electron chi connectivity index (χ1n) is 9.26. The van der Waals surface area contributed by atoms with Crippen molar-refractivity contribution in [1.82, 2.24) is 20.0 Å². The number of anilines is 1. The molecular formula is C19H31N5O. The Morgan fingerprint density at radius 3 is 2.68 bits per heavy atom. The highest BCUT2D eigenvalue weighted by Gasteiger charge is 2.24. The first kappa shape index (κ1) is 18.0. The summed E-state index contributed by atoms with van der Waals surface area (Å²) in [6.45, 7) is 6.09. The second kappa shape index (κ2) is 8.06. The minimum atomic E-state index is 0.301. The molecule has 3 rings (SSSR count). The zero-order chi connectivity index (χ0) is 17.8. The van der Waals surface area contributed by atoms with Crippen molar-refractivity contribution in [2.24, 2.45) is 7.05 Å². The summed E-state index contributed by atoms with van der Waals surface area (Å²) in [5.41, 5.74) is 2.36. The van der Waals surface area contributed by atoms with Gasteiger partial charge < -0.3 is 14.6 Å². The fraction of sp³-hybridized carbons (Fsp3) is 0.632. The molecule has 1 fully saturated rings. The molecule has 0 radical (unpaired) electrons. The molecule has 1 N–H and O–H groups in total. The lowest BCUT2D eigenvalue weighted by Gasteiger charge is -2.33. The number of furan rings is 1. The maximum absolute atomic E-state index is 5.74. The minimum Gasteiger partial charge on any atom is -0.468 e. The van der Waals surface area contributed by atoms with E-state index in [2.05, 4.69) is 47.3 Å². The number of rotatable bonds is 7.